The number of anilines is 2. The zero-order valence-electron chi connectivity index (χ0n) is 14.2. The first-order chi connectivity index (χ1) is 12.7. The zero-order valence-corrected chi connectivity index (χ0v) is 14.2. The number of para-hydroxylation sites is 1. The second kappa shape index (κ2) is 8.48. The fourth-order valence-electron chi connectivity index (χ4n) is 2.24. The number of ether oxygens (including phenoxy) is 1. The van der Waals surface area contributed by atoms with E-state index in [4.69, 9.17) is 4.74 Å². The Balaban J connectivity index is 1.59. The van der Waals surface area contributed by atoms with E-state index < -0.39 is 0 Å². The Morgan fingerprint density at radius 2 is 1.73 bits per heavy atom. The van der Waals surface area contributed by atoms with E-state index in [1.807, 2.05) is 42.5 Å². The highest BCUT2D eigenvalue weighted by molar-refractivity contribution is 6.04. The number of nitrogens with zero attached hydrogens (tertiary/aromatic N) is 1. The van der Waals surface area contributed by atoms with Gasteiger partial charge in [0.1, 0.15) is 17.3 Å². The molecule has 0 radical (unpaired) electrons. The summed E-state index contributed by atoms with van der Waals surface area (Å²) in [6.45, 7) is 4.26. The number of pyridine rings is 1. The van der Waals surface area contributed by atoms with Crippen LogP contribution in [0.2, 0.25) is 0 Å². The third-order valence-electron chi connectivity index (χ3n) is 3.54. The quantitative estimate of drug-likeness (QED) is 0.608. The average molecular weight is 345 g/mol. The molecule has 5 nitrogen and oxygen atoms in total. The zero-order chi connectivity index (χ0) is 18.2. The minimum absolute atomic E-state index is 0.218. The number of rotatable bonds is 7. The molecule has 0 aliphatic rings. The van der Waals surface area contributed by atoms with Crippen molar-refractivity contribution in [2.24, 2.45) is 0 Å². The molecule has 2 aromatic carbocycles. The maximum atomic E-state index is 12.3. The van der Waals surface area contributed by atoms with Crippen LogP contribution in [0.15, 0.2) is 85.6 Å². The summed E-state index contributed by atoms with van der Waals surface area (Å²) in [5.74, 6) is 1.95. The van der Waals surface area contributed by atoms with Gasteiger partial charge in [-0.15, -0.1) is 6.58 Å². The van der Waals surface area contributed by atoms with Gasteiger partial charge in [0.15, 0.2) is 0 Å². The van der Waals surface area contributed by atoms with Crippen LogP contribution in [0.5, 0.6) is 11.5 Å². The lowest BCUT2D eigenvalue weighted by Crippen LogP contribution is -2.12. The summed E-state index contributed by atoms with van der Waals surface area (Å²) in [6.07, 6.45) is 3.28. The summed E-state index contributed by atoms with van der Waals surface area (Å²) in [6, 6.07) is 20.2. The summed E-state index contributed by atoms with van der Waals surface area (Å²) in [7, 11) is 0. The molecular weight excluding hydrogens is 326 g/mol. The number of benzene rings is 2. The molecule has 1 aromatic heterocycles. The molecule has 3 aromatic rings. The normalized spacial score (nSPS) is 10.0. The van der Waals surface area contributed by atoms with E-state index in [0.717, 1.165) is 5.75 Å². The number of nitrogens with one attached hydrogen (secondary N) is 2. The van der Waals surface area contributed by atoms with Crippen LogP contribution >= 0.6 is 0 Å². The van der Waals surface area contributed by atoms with E-state index >= 15 is 0 Å². The lowest BCUT2D eigenvalue weighted by atomic mass is 10.2. The van der Waals surface area contributed by atoms with E-state index in [1.165, 1.54) is 6.20 Å². The number of hydrogen-bond acceptors (Lipinski definition) is 4. The van der Waals surface area contributed by atoms with Crippen molar-refractivity contribution in [2.75, 3.05) is 17.2 Å². The summed E-state index contributed by atoms with van der Waals surface area (Å²) in [5, 5.41) is 5.90. The first-order valence-electron chi connectivity index (χ1n) is 8.20. The van der Waals surface area contributed by atoms with Gasteiger partial charge in [-0.3, -0.25) is 4.79 Å². The Morgan fingerprint density at radius 1 is 1.00 bits per heavy atom. The average Bonchev–Trinajstić information content (AvgIpc) is 2.69. The van der Waals surface area contributed by atoms with Crippen molar-refractivity contribution in [3.05, 3.63) is 91.1 Å². The molecule has 0 spiro atoms. The smallest absolute Gasteiger partial charge is 0.257 e. The molecule has 5 heteroatoms. The van der Waals surface area contributed by atoms with Gasteiger partial charge in [0, 0.05) is 18.4 Å². The summed E-state index contributed by atoms with van der Waals surface area (Å²) in [4.78, 5) is 16.5. The molecular formula is C21H19N3O2. The van der Waals surface area contributed by atoms with Gasteiger partial charge in [0.05, 0.1) is 5.56 Å². The summed E-state index contributed by atoms with van der Waals surface area (Å²) < 4.78 is 5.73. The van der Waals surface area contributed by atoms with Crippen LogP contribution in [0.4, 0.5) is 11.5 Å². The molecule has 26 heavy (non-hydrogen) atoms. The molecule has 0 aliphatic carbocycles. The van der Waals surface area contributed by atoms with Gasteiger partial charge in [-0.05, 0) is 48.5 Å². The van der Waals surface area contributed by atoms with Gasteiger partial charge in [0.2, 0.25) is 0 Å². The largest absolute Gasteiger partial charge is 0.457 e. The van der Waals surface area contributed by atoms with Crippen molar-refractivity contribution in [3.8, 4) is 11.5 Å². The Kier molecular flexibility index (Phi) is 5.62. The maximum absolute atomic E-state index is 12.3. The Morgan fingerprint density at radius 3 is 2.38 bits per heavy atom. The van der Waals surface area contributed by atoms with Gasteiger partial charge in [-0.25, -0.2) is 4.98 Å². The lowest BCUT2D eigenvalue weighted by molar-refractivity contribution is 0.102. The number of aromatic nitrogens is 1. The standard InChI is InChI=1S/C21H19N3O2/c1-2-14-22-20-13-8-16(15-23-20)21(25)24-17-9-11-19(12-10-17)26-18-6-4-3-5-7-18/h2-13,15H,1,14H2,(H,22,23)(H,24,25). The Labute approximate surface area is 152 Å². The van der Waals surface area contributed by atoms with Crippen LogP contribution in [0, 0.1) is 0 Å². The minimum atomic E-state index is -0.218. The van der Waals surface area contributed by atoms with Gasteiger partial charge in [0.25, 0.3) is 5.91 Å². The predicted molar refractivity (Wildman–Crippen MR) is 104 cm³/mol. The van der Waals surface area contributed by atoms with Gasteiger partial charge < -0.3 is 15.4 Å². The van der Waals surface area contributed by atoms with Crippen molar-refractivity contribution < 1.29 is 9.53 Å². The van der Waals surface area contributed by atoms with Gasteiger partial charge in [-0.2, -0.15) is 0 Å². The number of carbonyl (C=O) groups excluding carboxylic acids is 1. The Hall–Kier alpha value is -3.60. The number of hydrogen-bond donors (Lipinski definition) is 2. The third-order valence-corrected chi connectivity index (χ3v) is 3.54. The highest BCUT2D eigenvalue weighted by atomic mass is 16.5. The van der Waals surface area contributed by atoms with Crippen molar-refractivity contribution >= 4 is 17.4 Å². The van der Waals surface area contributed by atoms with E-state index in [-0.39, 0.29) is 5.91 Å². The highest BCUT2D eigenvalue weighted by Crippen LogP contribution is 2.22. The van der Waals surface area contributed by atoms with Crippen LogP contribution in [0.3, 0.4) is 0 Å². The third kappa shape index (κ3) is 4.70. The van der Waals surface area contributed by atoms with Crippen LogP contribution in [-0.4, -0.2) is 17.4 Å². The van der Waals surface area contributed by atoms with E-state index in [0.29, 0.717) is 29.4 Å². The molecule has 1 heterocycles. The fourth-order valence-corrected chi connectivity index (χ4v) is 2.24. The monoisotopic (exact) mass is 345 g/mol. The van der Waals surface area contributed by atoms with E-state index in [2.05, 4.69) is 22.2 Å². The second-order valence-corrected chi connectivity index (χ2v) is 5.50. The minimum Gasteiger partial charge on any atom is -0.457 e. The van der Waals surface area contributed by atoms with Gasteiger partial charge in [-0.1, -0.05) is 24.3 Å². The number of amides is 1. The molecule has 2 N–H and O–H groups in total. The molecule has 130 valence electrons. The van der Waals surface area contributed by atoms with Crippen LogP contribution < -0.4 is 15.4 Å². The second-order valence-electron chi connectivity index (χ2n) is 5.50. The van der Waals surface area contributed by atoms with Crippen molar-refractivity contribution in [1.29, 1.82) is 0 Å². The van der Waals surface area contributed by atoms with E-state index in [1.54, 1.807) is 30.3 Å². The molecule has 0 saturated carbocycles. The SMILES string of the molecule is C=CCNc1ccc(C(=O)Nc2ccc(Oc3ccccc3)cc2)cn1. The molecule has 3 rings (SSSR count). The maximum Gasteiger partial charge on any atom is 0.257 e. The molecule has 0 bridgehead atoms. The topological polar surface area (TPSA) is 63.2 Å². The Bertz CT molecular complexity index is 860. The van der Waals surface area contributed by atoms with E-state index in [9.17, 15) is 4.79 Å². The van der Waals surface area contributed by atoms with Crippen molar-refractivity contribution in [2.45, 2.75) is 0 Å². The summed E-state index contributed by atoms with van der Waals surface area (Å²) >= 11 is 0. The molecule has 0 fully saturated rings. The lowest BCUT2D eigenvalue weighted by Gasteiger charge is -2.08. The van der Waals surface area contributed by atoms with Crippen molar-refractivity contribution in [3.63, 3.8) is 0 Å². The van der Waals surface area contributed by atoms with Crippen LogP contribution in [-0.2, 0) is 0 Å². The first kappa shape index (κ1) is 17.2. The van der Waals surface area contributed by atoms with Crippen LogP contribution in [0.25, 0.3) is 0 Å². The predicted octanol–water partition coefficient (Wildman–Crippen LogP) is 4.72. The fraction of sp³-hybridized carbons (Fsp3) is 0.0476. The van der Waals surface area contributed by atoms with Crippen LogP contribution in [0.1, 0.15) is 10.4 Å². The van der Waals surface area contributed by atoms with Crippen molar-refractivity contribution in [1.82, 2.24) is 4.98 Å². The molecule has 1 amide bonds. The highest BCUT2D eigenvalue weighted by Gasteiger charge is 2.07. The molecule has 0 unspecified atom stereocenters. The van der Waals surface area contributed by atoms with Gasteiger partial charge >= 0.3 is 0 Å². The summed E-state index contributed by atoms with van der Waals surface area (Å²) in [5.41, 5.74) is 1.17. The number of carbonyl (C=O) groups is 1. The molecule has 0 atom stereocenters. The molecule has 0 saturated heterocycles. The molecule has 0 aliphatic heterocycles. The first-order valence-corrected chi connectivity index (χ1v) is 8.20.